The van der Waals surface area contributed by atoms with Gasteiger partial charge in [-0.25, -0.2) is 9.97 Å². The number of aromatic nitrogens is 2. The average molecular weight is 547 g/mol. The molecule has 3 heterocycles. The molecule has 0 bridgehead atoms. The Kier molecular flexibility index (Phi) is 6.56. The minimum absolute atomic E-state index is 0.0398. The second-order valence-corrected chi connectivity index (χ2v) is 11.4. The Hall–Kier alpha value is -4.02. The van der Waals surface area contributed by atoms with Gasteiger partial charge in [0.2, 0.25) is 5.91 Å². The number of primary amides is 1. The van der Waals surface area contributed by atoms with Crippen LogP contribution in [0.1, 0.15) is 53.9 Å². The number of ketones is 1. The first-order valence-electron chi connectivity index (χ1n) is 12.5. The molecule has 0 unspecified atom stereocenters. The van der Waals surface area contributed by atoms with Crippen molar-refractivity contribution in [1.29, 1.82) is 0 Å². The molecule has 0 spiro atoms. The van der Waals surface area contributed by atoms with Gasteiger partial charge in [0.25, 0.3) is 0 Å². The van der Waals surface area contributed by atoms with Crippen molar-refractivity contribution in [3.8, 4) is 22.8 Å². The fraction of sp³-hybridized carbons (Fsp3) is 0.310. The zero-order valence-electron chi connectivity index (χ0n) is 22.2. The number of anilines is 1. The van der Waals surface area contributed by atoms with Crippen molar-refractivity contribution in [2.45, 2.75) is 44.6 Å². The summed E-state index contributed by atoms with van der Waals surface area (Å²) in [6.45, 7) is 5.39. The molecule has 5 rings (SSSR count). The lowest BCUT2D eigenvalue weighted by atomic mass is 9.81. The van der Waals surface area contributed by atoms with Crippen molar-refractivity contribution >= 4 is 38.4 Å². The first kappa shape index (κ1) is 26.6. The molecule has 39 heavy (non-hydrogen) atoms. The number of benzene rings is 2. The van der Waals surface area contributed by atoms with Crippen molar-refractivity contribution in [2.75, 3.05) is 19.5 Å². The molecule has 2 atom stereocenters. The van der Waals surface area contributed by atoms with Crippen LogP contribution >= 0.6 is 11.3 Å². The molecule has 202 valence electrons. The first-order valence-corrected chi connectivity index (χ1v) is 13.3. The van der Waals surface area contributed by atoms with Crippen LogP contribution in [0.15, 0.2) is 42.5 Å². The van der Waals surface area contributed by atoms with Gasteiger partial charge >= 0.3 is 0 Å². The van der Waals surface area contributed by atoms with Crippen molar-refractivity contribution < 1.29 is 24.2 Å². The zero-order chi connectivity index (χ0) is 28.1. The highest BCUT2D eigenvalue weighted by atomic mass is 32.1. The maximum absolute atomic E-state index is 13.2. The molecule has 0 radical (unpaired) electrons. The molecule has 4 aromatic rings. The third-order valence-electron chi connectivity index (χ3n) is 7.35. The van der Waals surface area contributed by atoms with E-state index >= 15 is 0 Å². The van der Waals surface area contributed by atoms with E-state index in [2.05, 4.69) is 4.98 Å². The fourth-order valence-electron chi connectivity index (χ4n) is 4.73. The number of Topliss-reactive ketones (excluding diaryl/α,β-unsaturated/α-hetero) is 1. The Morgan fingerprint density at radius 2 is 1.92 bits per heavy atom. The molecule has 0 aliphatic carbocycles. The number of fused-ring (bicyclic) bond motifs is 2. The van der Waals surface area contributed by atoms with Crippen LogP contribution in [0.25, 0.3) is 21.5 Å². The van der Waals surface area contributed by atoms with Crippen molar-refractivity contribution in [3.63, 3.8) is 0 Å². The molecule has 2 aromatic heterocycles. The summed E-state index contributed by atoms with van der Waals surface area (Å²) in [5, 5.41) is 12.0. The molecule has 1 aliphatic rings. The lowest BCUT2D eigenvalue weighted by molar-refractivity contribution is -0.123. The molecule has 0 saturated carbocycles. The Morgan fingerprint density at radius 1 is 1.21 bits per heavy atom. The standard InChI is InChI=1S/C29H30N4O5S/c1-15-5-7-16(8-6-15)23-25-18(28(2,14-38-25)26(30)35)13-22(32-23)29(3,36)10-9-19(34)17-11-20(37-4)24-21(12-17)39-27(31)33-24/h5-8,11-13,36H,9-10,14H2,1-4H3,(H2,30,35)(H2,31,33)/t28-,29-/m0/s1. The van der Waals surface area contributed by atoms with Gasteiger partial charge in [0.15, 0.2) is 10.9 Å². The van der Waals surface area contributed by atoms with E-state index in [4.69, 9.17) is 25.9 Å². The number of rotatable bonds is 8. The Morgan fingerprint density at radius 3 is 2.59 bits per heavy atom. The normalized spacial score (nSPS) is 17.9. The number of hydrogen-bond donors (Lipinski definition) is 3. The quantitative estimate of drug-likeness (QED) is 0.277. The number of aryl methyl sites for hydroxylation is 1. The van der Waals surface area contributed by atoms with Crippen LogP contribution in [0.5, 0.6) is 11.5 Å². The van der Waals surface area contributed by atoms with Crippen molar-refractivity contribution in [1.82, 2.24) is 9.97 Å². The van der Waals surface area contributed by atoms with Crippen molar-refractivity contribution in [2.24, 2.45) is 5.73 Å². The highest BCUT2D eigenvalue weighted by Gasteiger charge is 2.45. The second kappa shape index (κ2) is 9.62. The zero-order valence-corrected chi connectivity index (χ0v) is 23.0. The Balaban J connectivity index is 1.49. The molecule has 0 fully saturated rings. The van der Waals surface area contributed by atoms with Crippen LogP contribution < -0.4 is 20.9 Å². The number of hydrogen-bond acceptors (Lipinski definition) is 9. The van der Waals surface area contributed by atoms with Crippen LogP contribution in [-0.2, 0) is 15.8 Å². The van der Waals surface area contributed by atoms with Gasteiger partial charge in [-0.15, -0.1) is 0 Å². The molecule has 0 saturated heterocycles. The van der Waals surface area contributed by atoms with E-state index in [0.29, 0.717) is 44.7 Å². The van der Waals surface area contributed by atoms with E-state index < -0.39 is 16.9 Å². The van der Waals surface area contributed by atoms with Crippen molar-refractivity contribution in [3.05, 3.63) is 64.8 Å². The predicted octanol–water partition coefficient (Wildman–Crippen LogP) is 4.26. The molecule has 2 aromatic carbocycles. The number of carbonyl (C=O) groups is 2. The summed E-state index contributed by atoms with van der Waals surface area (Å²) < 4.78 is 12.1. The predicted molar refractivity (Wildman–Crippen MR) is 150 cm³/mol. The summed E-state index contributed by atoms with van der Waals surface area (Å²) in [7, 11) is 1.51. The summed E-state index contributed by atoms with van der Waals surface area (Å²) in [5.74, 6) is 0.230. The molecule has 9 nitrogen and oxygen atoms in total. The van der Waals surface area contributed by atoms with E-state index in [1.807, 2.05) is 31.2 Å². The maximum atomic E-state index is 13.2. The maximum Gasteiger partial charge on any atom is 0.231 e. The van der Waals surface area contributed by atoms with Gasteiger partial charge in [-0.1, -0.05) is 41.2 Å². The van der Waals surface area contributed by atoms with Crippen LogP contribution in [0, 0.1) is 6.92 Å². The summed E-state index contributed by atoms with van der Waals surface area (Å²) in [6, 6.07) is 12.8. The third kappa shape index (κ3) is 4.70. The monoisotopic (exact) mass is 546 g/mol. The molecule has 10 heteroatoms. The highest BCUT2D eigenvalue weighted by Crippen LogP contribution is 2.46. The SMILES string of the molecule is COc1cc(C(=O)CC[C@](C)(O)c2cc3c(c(-c4ccc(C)cc4)n2)OC[C@]3(C)C(N)=O)cc2sc(N)nc12. The number of nitrogen functional groups attached to an aromatic ring is 1. The minimum Gasteiger partial charge on any atom is -0.494 e. The lowest BCUT2D eigenvalue weighted by Gasteiger charge is -2.26. The number of amides is 1. The van der Waals surface area contributed by atoms with Gasteiger partial charge < -0.3 is 26.0 Å². The number of aliphatic hydroxyl groups is 1. The van der Waals surface area contributed by atoms with Crippen LogP contribution in [0.3, 0.4) is 0 Å². The second-order valence-electron chi connectivity index (χ2n) is 10.4. The van der Waals surface area contributed by atoms with Gasteiger partial charge in [-0.3, -0.25) is 9.59 Å². The molecular weight excluding hydrogens is 516 g/mol. The van der Waals surface area contributed by atoms with Gasteiger partial charge in [-0.05, 0) is 45.4 Å². The molecule has 1 amide bonds. The van der Waals surface area contributed by atoms with E-state index in [1.165, 1.54) is 18.4 Å². The summed E-state index contributed by atoms with van der Waals surface area (Å²) >= 11 is 1.27. The Labute approximate surface area is 229 Å². The summed E-state index contributed by atoms with van der Waals surface area (Å²) in [5.41, 5.74) is 13.4. The minimum atomic E-state index is -1.49. The summed E-state index contributed by atoms with van der Waals surface area (Å²) in [4.78, 5) is 34.7. The molecule has 5 N–H and O–H groups in total. The van der Waals surface area contributed by atoms with E-state index in [0.717, 1.165) is 15.8 Å². The van der Waals surface area contributed by atoms with E-state index in [1.54, 1.807) is 32.0 Å². The fourth-order valence-corrected chi connectivity index (χ4v) is 5.52. The lowest BCUT2D eigenvalue weighted by Crippen LogP contribution is -2.40. The molecule has 1 aliphatic heterocycles. The van der Waals surface area contributed by atoms with E-state index in [9.17, 15) is 14.7 Å². The number of pyridine rings is 1. The topological polar surface area (TPSA) is 151 Å². The number of thiazole rings is 1. The van der Waals surface area contributed by atoms with Gasteiger partial charge in [0, 0.05) is 23.1 Å². The first-order chi connectivity index (χ1) is 18.4. The van der Waals surface area contributed by atoms with Crippen LogP contribution in [0.4, 0.5) is 5.13 Å². The average Bonchev–Trinajstić information content (AvgIpc) is 3.46. The number of ether oxygens (including phenoxy) is 2. The largest absolute Gasteiger partial charge is 0.494 e. The number of nitrogens with two attached hydrogens (primary N) is 2. The number of methoxy groups -OCH3 is 1. The van der Waals surface area contributed by atoms with Crippen LogP contribution in [-0.4, -0.2) is 40.5 Å². The van der Waals surface area contributed by atoms with Gasteiger partial charge in [0.1, 0.15) is 40.3 Å². The van der Waals surface area contributed by atoms with Gasteiger partial charge in [-0.2, -0.15) is 0 Å². The smallest absolute Gasteiger partial charge is 0.231 e. The summed E-state index contributed by atoms with van der Waals surface area (Å²) in [6.07, 6.45) is 0.127. The molecular formula is C29H30N4O5S. The highest BCUT2D eigenvalue weighted by molar-refractivity contribution is 7.22. The number of nitrogens with zero attached hydrogens (tertiary/aromatic N) is 2. The van der Waals surface area contributed by atoms with E-state index in [-0.39, 0.29) is 25.2 Å². The Bertz CT molecular complexity index is 1610. The number of carbonyl (C=O) groups excluding carboxylic acids is 2. The van der Waals surface area contributed by atoms with Crippen LogP contribution in [0.2, 0.25) is 0 Å². The van der Waals surface area contributed by atoms with Gasteiger partial charge in [0.05, 0.1) is 17.5 Å². The third-order valence-corrected chi connectivity index (χ3v) is 8.18.